The van der Waals surface area contributed by atoms with Crippen LogP contribution in [0.15, 0.2) is 53.7 Å². The molecule has 2 heterocycles. The van der Waals surface area contributed by atoms with E-state index in [1.807, 2.05) is 25.4 Å². The molecule has 29 heavy (non-hydrogen) atoms. The summed E-state index contributed by atoms with van der Waals surface area (Å²) in [5.41, 5.74) is 2.47. The van der Waals surface area contributed by atoms with Crippen LogP contribution in [0.4, 0.5) is 5.69 Å². The number of rotatable bonds is 7. The van der Waals surface area contributed by atoms with Crippen LogP contribution in [0.5, 0.6) is 0 Å². The van der Waals surface area contributed by atoms with E-state index in [4.69, 9.17) is 11.6 Å². The van der Waals surface area contributed by atoms with E-state index >= 15 is 0 Å². The van der Waals surface area contributed by atoms with Gasteiger partial charge in [0.05, 0.1) is 0 Å². The number of guanidine groups is 1. The van der Waals surface area contributed by atoms with Gasteiger partial charge in [0.1, 0.15) is 5.15 Å². The Labute approximate surface area is 179 Å². The van der Waals surface area contributed by atoms with Crippen molar-refractivity contribution < 1.29 is 0 Å². The predicted octanol–water partition coefficient (Wildman–Crippen LogP) is 2.65. The monoisotopic (exact) mass is 414 g/mol. The van der Waals surface area contributed by atoms with Crippen LogP contribution in [0.25, 0.3) is 0 Å². The van der Waals surface area contributed by atoms with Gasteiger partial charge < -0.3 is 15.5 Å². The molecule has 156 valence electrons. The summed E-state index contributed by atoms with van der Waals surface area (Å²) in [5, 5.41) is 7.35. The molecule has 1 unspecified atom stereocenters. The lowest BCUT2D eigenvalue weighted by Crippen LogP contribution is -2.53. The van der Waals surface area contributed by atoms with E-state index < -0.39 is 0 Å². The highest BCUT2D eigenvalue weighted by Crippen LogP contribution is 2.16. The summed E-state index contributed by atoms with van der Waals surface area (Å²) in [6.45, 7) is 8.23. The number of nitrogens with one attached hydrogen (secondary N) is 2. The van der Waals surface area contributed by atoms with E-state index in [9.17, 15) is 0 Å². The molecule has 1 atom stereocenters. The maximum absolute atomic E-state index is 5.83. The highest BCUT2D eigenvalue weighted by atomic mass is 35.5. The topological polar surface area (TPSA) is 55.8 Å². The van der Waals surface area contributed by atoms with Crippen LogP contribution in [-0.2, 0) is 6.42 Å². The van der Waals surface area contributed by atoms with Crippen LogP contribution in [0.1, 0.15) is 12.5 Å². The van der Waals surface area contributed by atoms with Crippen molar-refractivity contribution in [3.8, 4) is 0 Å². The largest absolute Gasteiger partial charge is 0.369 e. The van der Waals surface area contributed by atoms with Gasteiger partial charge in [-0.15, -0.1) is 0 Å². The van der Waals surface area contributed by atoms with Crippen molar-refractivity contribution in [2.75, 3.05) is 51.2 Å². The Morgan fingerprint density at radius 1 is 1.10 bits per heavy atom. The quantitative estimate of drug-likeness (QED) is 0.414. The fourth-order valence-electron chi connectivity index (χ4n) is 3.53. The first-order valence-corrected chi connectivity index (χ1v) is 10.6. The van der Waals surface area contributed by atoms with E-state index in [0.717, 1.165) is 57.2 Å². The van der Waals surface area contributed by atoms with Crippen molar-refractivity contribution in [1.29, 1.82) is 0 Å². The third-order valence-corrected chi connectivity index (χ3v) is 5.57. The van der Waals surface area contributed by atoms with Crippen molar-refractivity contribution in [3.63, 3.8) is 0 Å². The molecule has 1 aromatic carbocycles. The number of anilines is 1. The van der Waals surface area contributed by atoms with E-state index in [-0.39, 0.29) is 0 Å². The lowest BCUT2D eigenvalue weighted by Gasteiger charge is -2.39. The average Bonchev–Trinajstić information content (AvgIpc) is 2.78. The maximum Gasteiger partial charge on any atom is 0.191 e. The molecule has 2 N–H and O–H groups in total. The van der Waals surface area contributed by atoms with Crippen molar-refractivity contribution in [3.05, 3.63) is 59.4 Å². The van der Waals surface area contributed by atoms with Crippen molar-refractivity contribution in [2.45, 2.75) is 19.4 Å². The minimum absolute atomic E-state index is 0.451. The summed E-state index contributed by atoms with van der Waals surface area (Å²) >= 11 is 5.83. The molecule has 0 spiro atoms. The minimum Gasteiger partial charge on any atom is -0.369 e. The lowest BCUT2D eigenvalue weighted by molar-refractivity contribution is 0.197. The summed E-state index contributed by atoms with van der Waals surface area (Å²) in [4.78, 5) is 13.5. The van der Waals surface area contributed by atoms with Gasteiger partial charge >= 0.3 is 0 Å². The van der Waals surface area contributed by atoms with Crippen molar-refractivity contribution >= 4 is 23.2 Å². The van der Waals surface area contributed by atoms with Crippen LogP contribution in [0.3, 0.4) is 0 Å². The molecule has 3 rings (SSSR count). The number of nitrogens with zero attached hydrogens (tertiary/aromatic N) is 4. The van der Waals surface area contributed by atoms with E-state index in [0.29, 0.717) is 11.2 Å². The highest BCUT2D eigenvalue weighted by Gasteiger charge is 2.21. The van der Waals surface area contributed by atoms with E-state index in [2.05, 4.69) is 67.7 Å². The number of hydrogen-bond donors (Lipinski definition) is 2. The summed E-state index contributed by atoms with van der Waals surface area (Å²) in [6, 6.07) is 14.9. The number of benzene rings is 1. The van der Waals surface area contributed by atoms with Crippen molar-refractivity contribution in [2.24, 2.45) is 4.99 Å². The molecule has 6 nitrogen and oxygen atoms in total. The molecule has 1 aliphatic heterocycles. The average molecular weight is 415 g/mol. The third-order valence-electron chi connectivity index (χ3n) is 5.34. The first kappa shape index (κ1) is 21.4. The maximum atomic E-state index is 5.83. The molecule has 1 saturated heterocycles. The van der Waals surface area contributed by atoms with Gasteiger partial charge in [-0.1, -0.05) is 35.9 Å². The van der Waals surface area contributed by atoms with Gasteiger partial charge in [-0.05, 0) is 37.1 Å². The fourth-order valence-corrected chi connectivity index (χ4v) is 3.65. The Kier molecular flexibility index (Phi) is 8.14. The predicted molar refractivity (Wildman–Crippen MR) is 122 cm³/mol. The number of halogens is 1. The SMILES string of the molecule is CN=C(NCCc1ccc(Cl)nc1)NCC(C)N1CCN(c2ccccc2)CC1. The molecule has 1 aliphatic rings. The molecule has 7 heteroatoms. The zero-order valence-corrected chi connectivity index (χ0v) is 18.1. The van der Waals surface area contributed by atoms with Crippen LogP contribution < -0.4 is 15.5 Å². The summed E-state index contributed by atoms with van der Waals surface area (Å²) < 4.78 is 0. The van der Waals surface area contributed by atoms with Crippen LogP contribution >= 0.6 is 11.6 Å². The minimum atomic E-state index is 0.451. The molecule has 0 radical (unpaired) electrons. The summed E-state index contributed by atoms with van der Waals surface area (Å²) in [7, 11) is 1.81. The third kappa shape index (κ3) is 6.61. The zero-order valence-electron chi connectivity index (χ0n) is 17.3. The molecular weight excluding hydrogens is 384 g/mol. The first-order chi connectivity index (χ1) is 14.2. The Morgan fingerprint density at radius 2 is 1.86 bits per heavy atom. The molecule has 1 aromatic heterocycles. The molecular formula is C22H31ClN6. The summed E-state index contributed by atoms with van der Waals surface area (Å²) in [5.74, 6) is 0.835. The fraction of sp³-hybridized carbons (Fsp3) is 0.455. The molecule has 0 amide bonds. The second kappa shape index (κ2) is 11.0. The smallest absolute Gasteiger partial charge is 0.191 e. The van der Waals surface area contributed by atoms with Gasteiger partial charge in [0.15, 0.2) is 5.96 Å². The highest BCUT2D eigenvalue weighted by molar-refractivity contribution is 6.29. The number of aromatic nitrogens is 1. The Balaban J connectivity index is 1.36. The first-order valence-electron chi connectivity index (χ1n) is 10.2. The molecule has 0 saturated carbocycles. The Bertz CT molecular complexity index is 757. The van der Waals surface area contributed by atoms with E-state index in [1.54, 1.807) is 0 Å². The molecule has 0 bridgehead atoms. The van der Waals surface area contributed by atoms with E-state index in [1.165, 1.54) is 5.69 Å². The van der Waals surface area contributed by atoms with Gasteiger partial charge in [-0.2, -0.15) is 0 Å². The molecule has 2 aromatic rings. The standard InChI is InChI=1S/C22H31ClN6/c1-18(28-12-14-29(15-13-28)20-6-4-3-5-7-20)16-27-22(24-2)25-11-10-19-8-9-21(23)26-17-19/h3-9,17-18H,10-16H2,1-2H3,(H2,24,25,27). The van der Waals surface area contributed by atoms with Crippen LogP contribution in [-0.4, -0.2) is 68.2 Å². The van der Waals surface area contributed by atoms with Gasteiger partial charge in [0.25, 0.3) is 0 Å². The number of piperazine rings is 1. The Morgan fingerprint density at radius 3 is 2.52 bits per heavy atom. The zero-order chi connectivity index (χ0) is 20.5. The lowest BCUT2D eigenvalue weighted by atomic mass is 10.2. The van der Waals surface area contributed by atoms with Crippen LogP contribution in [0, 0.1) is 0 Å². The number of hydrogen-bond acceptors (Lipinski definition) is 4. The number of para-hydroxylation sites is 1. The van der Waals surface area contributed by atoms with Gasteiger partial charge in [0, 0.05) is 64.2 Å². The van der Waals surface area contributed by atoms with Gasteiger partial charge in [-0.3, -0.25) is 9.89 Å². The second-order valence-corrected chi connectivity index (χ2v) is 7.71. The molecule has 1 fully saturated rings. The van der Waals surface area contributed by atoms with Crippen LogP contribution in [0.2, 0.25) is 5.15 Å². The number of aliphatic imine (C=N–C) groups is 1. The summed E-state index contributed by atoms with van der Waals surface area (Å²) in [6.07, 6.45) is 2.69. The Hall–Kier alpha value is -2.31. The normalized spacial score (nSPS) is 16.5. The van der Waals surface area contributed by atoms with Crippen molar-refractivity contribution in [1.82, 2.24) is 20.5 Å². The van der Waals surface area contributed by atoms with Gasteiger partial charge in [0.2, 0.25) is 0 Å². The number of pyridine rings is 1. The molecule has 0 aliphatic carbocycles. The van der Waals surface area contributed by atoms with Gasteiger partial charge in [-0.25, -0.2) is 4.98 Å². The second-order valence-electron chi connectivity index (χ2n) is 7.33.